The molecule has 5 heteroatoms. The molecule has 2 amide bonds. The summed E-state index contributed by atoms with van der Waals surface area (Å²) >= 11 is 1.28. The van der Waals surface area contributed by atoms with Crippen molar-refractivity contribution in [1.82, 2.24) is 4.72 Å². The molecule has 0 fully saturated rings. The van der Waals surface area contributed by atoms with Crippen LogP contribution < -0.4 is 10.0 Å². The third-order valence-corrected chi connectivity index (χ3v) is 7.45. The molecule has 0 atom stereocenters. The molecule has 3 aromatic rings. The molecule has 2 aliphatic rings. The monoisotopic (exact) mass is 458 g/mol. The van der Waals surface area contributed by atoms with Gasteiger partial charge < -0.3 is 10.4 Å². The lowest BCUT2D eigenvalue weighted by Gasteiger charge is -2.20. The fraction of sp³-hybridized carbons (Fsp3) is 0.321. The zero-order valence-corrected chi connectivity index (χ0v) is 20.0. The lowest BCUT2D eigenvalue weighted by Crippen LogP contribution is -2.24. The molecule has 0 aliphatic heterocycles. The Balaban J connectivity index is 1.37. The topological polar surface area (TPSA) is 61.4 Å². The summed E-state index contributed by atoms with van der Waals surface area (Å²) in [5, 5.41) is 13.8. The lowest BCUT2D eigenvalue weighted by molar-refractivity contribution is 0.0784. The molecule has 0 spiro atoms. The first-order chi connectivity index (χ1) is 15.9. The van der Waals surface area contributed by atoms with Gasteiger partial charge in [0.15, 0.2) is 0 Å². The summed E-state index contributed by atoms with van der Waals surface area (Å²) in [5.41, 5.74) is 8.43. The van der Waals surface area contributed by atoms with Gasteiger partial charge in [0.1, 0.15) is 0 Å². The number of carbonyl (C=O) groups excluding carboxylic acids is 1. The Labute approximate surface area is 199 Å². The van der Waals surface area contributed by atoms with E-state index in [1.165, 1.54) is 34.2 Å². The maximum Gasteiger partial charge on any atom is 0.329 e. The van der Waals surface area contributed by atoms with Crippen LogP contribution in [0.1, 0.15) is 54.5 Å². The highest BCUT2D eigenvalue weighted by Crippen LogP contribution is 2.39. The number of carbonyl (C=O) groups is 1. The van der Waals surface area contributed by atoms with Crippen LogP contribution in [0.3, 0.4) is 0 Å². The molecule has 0 saturated heterocycles. The second-order valence-corrected chi connectivity index (χ2v) is 10.4. The number of benzene rings is 3. The van der Waals surface area contributed by atoms with Crippen LogP contribution in [0.15, 0.2) is 59.5 Å². The van der Waals surface area contributed by atoms with Gasteiger partial charge in [-0.2, -0.15) is 0 Å². The van der Waals surface area contributed by atoms with Gasteiger partial charge in [0.25, 0.3) is 0 Å². The molecule has 0 aromatic heterocycles. The summed E-state index contributed by atoms with van der Waals surface area (Å²) in [7, 11) is 0. The summed E-state index contributed by atoms with van der Waals surface area (Å²) in [4.78, 5) is 13.8. The Morgan fingerprint density at radius 2 is 1.55 bits per heavy atom. The number of nitrogens with one attached hydrogen (secondary N) is 2. The predicted molar refractivity (Wildman–Crippen MR) is 136 cm³/mol. The van der Waals surface area contributed by atoms with E-state index in [-0.39, 0.29) is 6.03 Å². The van der Waals surface area contributed by atoms with E-state index < -0.39 is 5.60 Å². The number of anilines is 1. The molecule has 0 heterocycles. The van der Waals surface area contributed by atoms with Gasteiger partial charge in [0.05, 0.1) is 5.60 Å². The van der Waals surface area contributed by atoms with Crippen molar-refractivity contribution < 1.29 is 9.90 Å². The van der Waals surface area contributed by atoms with Gasteiger partial charge in [-0.3, -0.25) is 4.72 Å². The van der Waals surface area contributed by atoms with Gasteiger partial charge in [-0.15, -0.1) is 0 Å². The van der Waals surface area contributed by atoms with Crippen molar-refractivity contribution in [3.05, 3.63) is 82.4 Å². The molecule has 33 heavy (non-hydrogen) atoms. The molecular formula is C28H30N2O2S. The largest absolute Gasteiger partial charge is 0.386 e. The number of hydrogen-bond donors (Lipinski definition) is 3. The van der Waals surface area contributed by atoms with E-state index in [2.05, 4.69) is 28.2 Å². The van der Waals surface area contributed by atoms with Gasteiger partial charge in [0.2, 0.25) is 0 Å². The highest BCUT2D eigenvalue weighted by Gasteiger charge is 2.25. The fourth-order valence-corrected chi connectivity index (χ4v) is 5.65. The van der Waals surface area contributed by atoms with Crippen molar-refractivity contribution in [2.24, 2.45) is 0 Å². The van der Waals surface area contributed by atoms with Crippen molar-refractivity contribution in [2.75, 3.05) is 5.32 Å². The second-order valence-electron chi connectivity index (χ2n) is 9.56. The highest BCUT2D eigenvalue weighted by molar-refractivity contribution is 7.98. The van der Waals surface area contributed by atoms with E-state index >= 15 is 0 Å². The summed E-state index contributed by atoms with van der Waals surface area (Å²) < 4.78 is 2.97. The summed E-state index contributed by atoms with van der Waals surface area (Å²) in [6.45, 7) is 3.56. The number of hydrogen-bond acceptors (Lipinski definition) is 3. The molecule has 3 aromatic carbocycles. The highest BCUT2D eigenvalue weighted by atomic mass is 32.2. The van der Waals surface area contributed by atoms with Crippen LogP contribution in [0.4, 0.5) is 10.5 Å². The summed E-state index contributed by atoms with van der Waals surface area (Å²) in [6, 6.07) is 18.3. The zero-order chi connectivity index (χ0) is 23.0. The molecule has 5 rings (SSSR count). The van der Waals surface area contributed by atoms with Crippen LogP contribution >= 0.6 is 11.9 Å². The minimum absolute atomic E-state index is 0.204. The smallest absolute Gasteiger partial charge is 0.329 e. The predicted octanol–water partition coefficient (Wildman–Crippen LogP) is 6.39. The molecule has 0 radical (unpaired) electrons. The molecule has 3 N–H and O–H groups in total. The van der Waals surface area contributed by atoms with Gasteiger partial charge in [-0.1, -0.05) is 36.4 Å². The number of aryl methyl sites for hydroxylation is 2. The van der Waals surface area contributed by atoms with E-state index in [1.807, 2.05) is 36.4 Å². The van der Waals surface area contributed by atoms with E-state index in [0.717, 1.165) is 65.8 Å². The average molecular weight is 459 g/mol. The second kappa shape index (κ2) is 8.88. The van der Waals surface area contributed by atoms with Crippen molar-refractivity contribution in [3.8, 4) is 11.1 Å². The number of aliphatic hydroxyl groups is 1. The minimum Gasteiger partial charge on any atom is -0.386 e. The molecule has 2 aliphatic carbocycles. The summed E-state index contributed by atoms with van der Waals surface area (Å²) in [6.07, 6.45) is 6.63. The Morgan fingerprint density at radius 1 is 0.879 bits per heavy atom. The van der Waals surface area contributed by atoms with Crippen molar-refractivity contribution in [3.63, 3.8) is 0 Å². The SMILES string of the molecule is CC(C)(O)c1cc(SNC(=O)Nc2c3c(cc4c2CCC4)CCC3)cc(-c2ccccc2)c1. The third kappa shape index (κ3) is 4.66. The van der Waals surface area contributed by atoms with Gasteiger partial charge in [0, 0.05) is 10.6 Å². The molecule has 0 bridgehead atoms. The van der Waals surface area contributed by atoms with Crippen LogP contribution in [0, 0.1) is 0 Å². The minimum atomic E-state index is -0.979. The van der Waals surface area contributed by atoms with Gasteiger partial charge >= 0.3 is 6.03 Å². The first-order valence-corrected chi connectivity index (χ1v) is 12.5. The maximum absolute atomic E-state index is 12.9. The van der Waals surface area contributed by atoms with E-state index in [1.54, 1.807) is 13.8 Å². The Hall–Kier alpha value is -2.76. The maximum atomic E-state index is 12.9. The molecule has 4 nitrogen and oxygen atoms in total. The van der Waals surface area contributed by atoms with Crippen molar-refractivity contribution in [2.45, 2.75) is 62.9 Å². The molecule has 170 valence electrons. The quantitative estimate of drug-likeness (QED) is 0.388. The van der Waals surface area contributed by atoms with Crippen LogP contribution in [-0.2, 0) is 31.3 Å². The lowest BCUT2D eigenvalue weighted by atomic mass is 9.94. The normalized spacial score (nSPS) is 14.6. The molecule has 0 saturated carbocycles. The van der Waals surface area contributed by atoms with Gasteiger partial charge in [-0.05, 0) is 121 Å². The molecule has 0 unspecified atom stereocenters. The molecular weight excluding hydrogens is 428 g/mol. The Bertz CT molecular complexity index is 1170. The van der Waals surface area contributed by atoms with Crippen molar-refractivity contribution in [1.29, 1.82) is 0 Å². The first-order valence-electron chi connectivity index (χ1n) is 11.7. The van der Waals surface area contributed by atoms with E-state index in [4.69, 9.17) is 0 Å². The third-order valence-electron chi connectivity index (χ3n) is 6.69. The van der Waals surface area contributed by atoms with Crippen LogP contribution in [0.5, 0.6) is 0 Å². The Morgan fingerprint density at radius 3 is 2.18 bits per heavy atom. The van der Waals surface area contributed by atoms with Crippen LogP contribution in [-0.4, -0.2) is 11.1 Å². The van der Waals surface area contributed by atoms with Crippen molar-refractivity contribution >= 4 is 23.7 Å². The summed E-state index contributed by atoms with van der Waals surface area (Å²) in [5.74, 6) is 0. The Kier molecular flexibility index (Phi) is 5.94. The van der Waals surface area contributed by atoms with E-state index in [0.29, 0.717) is 0 Å². The van der Waals surface area contributed by atoms with E-state index in [9.17, 15) is 9.90 Å². The number of amides is 2. The number of urea groups is 1. The average Bonchev–Trinajstić information content (AvgIpc) is 3.47. The fourth-order valence-electron chi connectivity index (χ4n) is 5.02. The number of fused-ring (bicyclic) bond motifs is 2. The van der Waals surface area contributed by atoms with Gasteiger partial charge in [-0.25, -0.2) is 4.79 Å². The van der Waals surface area contributed by atoms with Crippen LogP contribution in [0.25, 0.3) is 11.1 Å². The first kappa shape index (κ1) is 22.1. The van der Waals surface area contributed by atoms with Crippen LogP contribution in [0.2, 0.25) is 0 Å². The number of rotatable bonds is 5. The standard InChI is InChI=1S/C28H30N2O2S/c1-28(2,32)22-15-21(18-8-4-3-5-9-18)16-23(17-22)33-30-27(31)29-26-24-12-6-10-19(24)14-20-11-7-13-25(20)26/h3-5,8-9,14-17,32H,6-7,10-13H2,1-2H3,(H2,29,30,31). The zero-order valence-electron chi connectivity index (χ0n) is 19.2.